The minimum Gasteiger partial charge on any atom is -0.324 e. The van der Waals surface area contributed by atoms with Gasteiger partial charge in [-0.3, -0.25) is 37.9 Å². The largest absolute Gasteiger partial charge is 3.00 e. The van der Waals surface area contributed by atoms with Crippen LogP contribution in [0.25, 0.3) is 0 Å². The second-order valence-corrected chi connectivity index (χ2v) is 14.1. The van der Waals surface area contributed by atoms with Gasteiger partial charge in [0.1, 0.15) is 25.1 Å². The van der Waals surface area contributed by atoms with E-state index >= 15 is 0 Å². The van der Waals surface area contributed by atoms with Crippen molar-refractivity contribution in [2.45, 2.75) is 0 Å². The molecule has 1 heterocycles. The van der Waals surface area contributed by atoms with Gasteiger partial charge in [-0.1, -0.05) is 0 Å². The summed E-state index contributed by atoms with van der Waals surface area (Å²) in [5, 5.41) is 0. The molecular weight excluding hydrogens is 681 g/mol. The first kappa shape index (κ1) is 34.7. The number of hydrogen-bond donors (Lipinski definition) is 8. The zero-order valence-electron chi connectivity index (χ0n) is 17.6. The Kier molecular flexibility index (Phi) is 15.4. The van der Waals surface area contributed by atoms with Crippen molar-refractivity contribution >= 4 is 30.4 Å². The molecule has 0 aliphatic carbocycles. The minimum absolute atomic E-state index is 0. The van der Waals surface area contributed by atoms with E-state index in [1.807, 2.05) is 0 Å². The standard InChI is InChI=1S/C12H32N4O12P4.Dy/c17-29(18,19)9-13-1-2-14(10-30(20,21)22)5-6-16(12-32(26,27)28)8-7-15(4-3-13)11-31(23,24)25;/h1-12H2,(H2,17,18,19)(H2,20,21,22)(H2,23,24,25)(H2,26,27,28);/q;+3/i;1+2. The fourth-order valence-electron chi connectivity index (χ4n) is 3.19. The minimum atomic E-state index is -4.48. The van der Waals surface area contributed by atoms with Crippen LogP contribution in [0.5, 0.6) is 0 Å². The molecule has 1 fully saturated rings. The fourth-order valence-corrected chi connectivity index (χ4v) is 6.40. The molecule has 0 aromatic rings. The molecule has 0 amide bonds. The SMILES string of the molecule is O=P(O)(O)CN1CCN(CP(=O)(O)O)CCN(CP(=O)(O)O)CCN(CP(=O)(O)O)CC1.[165Dy+3]. The summed E-state index contributed by atoms with van der Waals surface area (Å²) in [5.74, 6) is 0. The Morgan fingerprint density at radius 2 is 0.515 bits per heavy atom. The first-order chi connectivity index (χ1) is 14.3. The number of rotatable bonds is 8. The Hall–Kier alpha value is 1.71. The zero-order chi connectivity index (χ0) is 24.8. The van der Waals surface area contributed by atoms with E-state index in [1.165, 1.54) is 19.6 Å². The van der Waals surface area contributed by atoms with Crippen LogP contribution in [-0.2, 0) is 18.3 Å². The molecule has 33 heavy (non-hydrogen) atoms. The van der Waals surface area contributed by atoms with E-state index < -0.39 is 55.5 Å². The Labute approximate surface area is 222 Å². The first-order valence-corrected chi connectivity index (χ1v) is 16.6. The van der Waals surface area contributed by atoms with E-state index in [2.05, 4.69) is 0 Å². The van der Waals surface area contributed by atoms with Gasteiger partial charge in [-0.25, -0.2) is 0 Å². The van der Waals surface area contributed by atoms with Crippen LogP contribution in [0.15, 0.2) is 0 Å². The van der Waals surface area contributed by atoms with E-state index in [1.54, 1.807) is 0 Å². The summed E-state index contributed by atoms with van der Waals surface area (Å²) < 4.78 is 45.9. The number of nitrogens with zero attached hydrogens (tertiary/aromatic N) is 4. The fraction of sp³-hybridized carbons (Fsp3) is 1.00. The van der Waals surface area contributed by atoms with Gasteiger partial charge >= 0.3 is 68.6 Å². The Balaban J connectivity index is 0.0000102. The van der Waals surface area contributed by atoms with Crippen LogP contribution in [-0.4, -0.2) is 136 Å². The van der Waals surface area contributed by atoms with Gasteiger partial charge in [0.2, 0.25) is 0 Å². The Morgan fingerprint density at radius 3 is 0.606 bits per heavy atom. The van der Waals surface area contributed by atoms with E-state index in [4.69, 9.17) is 0 Å². The molecular formula is C12H32DyN4O12P4+3. The summed E-state index contributed by atoms with van der Waals surface area (Å²) in [6, 6.07) is 0. The maximum absolute atomic E-state index is 11.5. The Morgan fingerprint density at radius 1 is 0.394 bits per heavy atom. The third kappa shape index (κ3) is 19.5. The summed E-state index contributed by atoms with van der Waals surface area (Å²) in [6.45, 7) is -0.0527. The van der Waals surface area contributed by atoms with Crippen molar-refractivity contribution in [3.8, 4) is 0 Å². The third-order valence-corrected chi connectivity index (χ3v) is 7.54. The van der Waals surface area contributed by atoms with Crippen LogP contribution >= 0.6 is 30.4 Å². The van der Waals surface area contributed by atoms with Crippen LogP contribution < -0.4 is 0 Å². The quantitative estimate of drug-likeness (QED) is 0.124. The van der Waals surface area contributed by atoms with E-state index in [0.717, 1.165) is 0 Å². The van der Waals surface area contributed by atoms with Crippen LogP contribution in [0.1, 0.15) is 0 Å². The van der Waals surface area contributed by atoms with Crippen molar-refractivity contribution < 1.29 is 95.6 Å². The van der Waals surface area contributed by atoms with Crippen molar-refractivity contribution in [3.63, 3.8) is 0 Å². The first-order valence-electron chi connectivity index (χ1n) is 9.39. The second kappa shape index (κ2) is 14.6. The molecule has 21 heteroatoms. The molecule has 1 saturated heterocycles. The van der Waals surface area contributed by atoms with Crippen molar-refractivity contribution in [2.24, 2.45) is 0 Å². The molecule has 1 radical (unpaired) electrons. The smallest absolute Gasteiger partial charge is 0.324 e. The molecule has 0 aromatic heterocycles. The van der Waals surface area contributed by atoms with Crippen LogP contribution in [0.2, 0.25) is 0 Å². The summed E-state index contributed by atoms with van der Waals surface area (Å²) in [7, 11) is -17.9. The molecule has 1 aliphatic heterocycles. The molecule has 0 spiro atoms. The van der Waals surface area contributed by atoms with Gasteiger partial charge in [-0.2, -0.15) is 0 Å². The maximum Gasteiger partial charge on any atom is 3.00 e. The predicted octanol–water partition coefficient (Wildman–Crippen LogP) is -2.25. The predicted molar refractivity (Wildman–Crippen MR) is 114 cm³/mol. The summed E-state index contributed by atoms with van der Waals surface area (Å²) in [6.07, 6.45) is -2.59. The molecule has 16 nitrogen and oxygen atoms in total. The molecule has 1 aliphatic rings. The average molecular weight is 713 g/mol. The second-order valence-electron chi connectivity index (χ2n) is 7.70. The number of hydrogen-bond acceptors (Lipinski definition) is 8. The van der Waals surface area contributed by atoms with Gasteiger partial charge in [0.15, 0.2) is 0 Å². The third-order valence-electron chi connectivity index (χ3n) is 4.47. The van der Waals surface area contributed by atoms with E-state index in [0.29, 0.717) is 0 Å². The summed E-state index contributed by atoms with van der Waals surface area (Å²) in [5.41, 5.74) is 0. The molecule has 0 atom stereocenters. The maximum atomic E-state index is 11.5. The molecule has 199 valence electrons. The van der Waals surface area contributed by atoms with E-state index in [9.17, 15) is 57.4 Å². The molecule has 0 unspecified atom stereocenters. The van der Waals surface area contributed by atoms with Gasteiger partial charge in [0.05, 0.1) is 0 Å². The van der Waals surface area contributed by atoms with Crippen LogP contribution in [0.3, 0.4) is 0 Å². The molecule has 8 N–H and O–H groups in total. The molecule has 1 rings (SSSR count). The van der Waals surface area contributed by atoms with Gasteiger partial charge in [-0.05, 0) is 0 Å². The monoisotopic (exact) mass is 713 g/mol. The van der Waals surface area contributed by atoms with Gasteiger partial charge in [0.25, 0.3) is 0 Å². The van der Waals surface area contributed by atoms with Gasteiger partial charge in [0, 0.05) is 52.4 Å². The molecule has 0 aromatic carbocycles. The van der Waals surface area contributed by atoms with Gasteiger partial charge in [-0.15, -0.1) is 0 Å². The Bertz CT molecular complexity index is 640. The van der Waals surface area contributed by atoms with Crippen LogP contribution in [0, 0.1) is 38.2 Å². The average Bonchev–Trinajstić information content (AvgIpc) is 2.52. The normalized spacial score (nSPS) is 20.6. The van der Waals surface area contributed by atoms with Crippen molar-refractivity contribution in [1.82, 2.24) is 19.6 Å². The summed E-state index contributed by atoms with van der Waals surface area (Å²) in [4.78, 5) is 79.9. The molecule has 0 saturated carbocycles. The topological polar surface area (TPSA) is 243 Å². The van der Waals surface area contributed by atoms with E-state index in [-0.39, 0.29) is 90.5 Å². The van der Waals surface area contributed by atoms with Crippen LogP contribution in [0.4, 0.5) is 0 Å². The zero-order valence-corrected chi connectivity index (χ0v) is 23.2. The van der Waals surface area contributed by atoms with Crippen molar-refractivity contribution in [3.05, 3.63) is 0 Å². The van der Waals surface area contributed by atoms with Gasteiger partial charge < -0.3 is 39.1 Å². The molecule has 0 bridgehead atoms. The van der Waals surface area contributed by atoms with Crippen molar-refractivity contribution in [1.29, 1.82) is 0 Å². The summed E-state index contributed by atoms with van der Waals surface area (Å²) >= 11 is 0. The van der Waals surface area contributed by atoms with Crippen molar-refractivity contribution in [2.75, 3.05) is 77.5 Å².